The monoisotopic (exact) mass is 544 g/mol. The number of aryl methyl sites for hydroxylation is 1. The molecule has 0 unspecified atom stereocenters. The summed E-state index contributed by atoms with van der Waals surface area (Å²) >= 11 is 0. The molecule has 0 aliphatic rings. The number of anilines is 1. The van der Waals surface area contributed by atoms with E-state index in [1.807, 2.05) is 62.2 Å². The fourth-order valence-electron chi connectivity index (χ4n) is 4.78. The topological polar surface area (TPSA) is 96.7 Å². The molecule has 4 rings (SSSR count). The molecule has 0 bridgehead atoms. The van der Waals surface area contributed by atoms with E-state index < -0.39 is 11.5 Å². The number of benzene rings is 3. The zero-order valence-electron chi connectivity index (χ0n) is 23.3. The van der Waals surface area contributed by atoms with Crippen LogP contribution >= 0.6 is 0 Å². The van der Waals surface area contributed by atoms with E-state index in [2.05, 4.69) is 10.3 Å². The number of rotatable bonds is 9. The molecule has 0 radical (unpaired) electrons. The van der Waals surface area contributed by atoms with Gasteiger partial charge in [0.15, 0.2) is 0 Å². The van der Waals surface area contributed by atoms with E-state index >= 15 is 4.39 Å². The van der Waals surface area contributed by atoms with Crippen LogP contribution in [0, 0.1) is 19.7 Å². The maximum Gasteiger partial charge on any atom is 0.265 e. The highest BCUT2D eigenvalue weighted by atomic mass is 19.1. The van der Waals surface area contributed by atoms with Gasteiger partial charge in [-0.05, 0) is 72.5 Å². The molecule has 1 amide bonds. The van der Waals surface area contributed by atoms with Gasteiger partial charge in [0.05, 0.1) is 20.0 Å². The Morgan fingerprint density at radius 3 is 2.48 bits per heavy atom. The average Bonchev–Trinajstić information content (AvgIpc) is 2.93. The van der Waals surface area contributed by atoms with Crippen molar-refractivity contribution in [1.82, 2.24) is 14.5 Å². The Hall–Kier alpha value is -4.34. The maximum atomic E-state index is 15.3. The highest BCUT2D eigenvalue weighted by molar-refractivity contribution is 6.04. The number of likely N-dealkylation sites (N-methyl/N-ethyl adjacent to an activating group) is 1. The van der Waals surface area contributed by atoms with Gasteiger partial charge in [-0.25, -0.2) is 9.37 Å². The van der Waals surface area contributed by atoms with Gasteiger partial charge in [0.1, 0.15) is 17.1 Å². The summed E-state index contributed by atoms with van der Waals surface area (Å²) in [5.74, 6) is -0.481. The Bertz CT molecular complexity index is 1620. The molecule has 8 nitrogen and oxygen atoms in total. The Balaban J connectivity index is 1.71. The Morgan fingerprint density at radius 1 is 1.10 bits per heavy atom. The van der Waals surface area contributed by atoms with Crippen LogP contribution < -0.4 is 15.6 Å². The maximum absolute atomic E-state index is 15.3. The number of halogens is 1. The van der Waals surface area contributed by atoms with E-state index in [4.69, 9.17) is 4.74 Å². The predicted octanol–water partition coefficient (Wildman–Crippen LogP) is 4.56. The number of hydrogen-bond acceptors (Lipinski definition) is 6. The number of amides is 1. The molecule has 0 atom stereocenters. The lowest BCUT2D eigenvalue weighted by Gasteiger charge is -2.20. The highest BCUT2D eigenvalue weighted by Gasteiger charge is 2.19. The van der Waals surface area contributed by atoms with Crippen molar-refractivity contribution in [3.63, 3.8) is 0 Å². The van der Waals surface area contributed by atoms with E-state index in [0.29, 0.717) is 35.7 Å². The number of aliphatic hydroxyl groups excluding tert-OH is 1. The number of nitrogens with one attached hydrogen (secondary N) is 1. The molecule has 1 heterocycles. The third-order valence-corrected chi connectivity index (χ3v) is 7.04. The van der Waals surface area contributed by atoms with E-state index in [1.54, 1.807) is 13.1 Å². The summed E-state index contributed by atoms with van der Waals surface area (Å²) in [4.78, 5) is 31.0. The summed E-state index contributed by atoms with van der Waals surface area (Å²) in [6.07, 6.45) is 2.61. The molecule has 1 aromatic heterocycles. The average molecular weight is 545 g/mol. The van der Waals surface area contributed by atoms with Crippen LogP contribution in [0.5, 0.6) is 5.75 Å². The molecule has 0 aliphatic heterocycles. The number of carbonyl (C=O) groups excluding carboxylic acids is 1. The molecule has 40 heavy (non-hydrogen) atoms. The van der Waals surface area contributed by atoms with Crippen molar-refractivity contribution >= 4 is 11.6 Å². The molecule has 0 fully saturated rings. The number of methoxy groups -OCH3 is 1. The molecule has 4 aromatic rings. The zero-order chi connectivity index (χ0) is 29.0. The lowest BCUT2D eigenvalue weighted by atomic mass is 9.90. The molecular weight excluding hydrogens is 511 g/mol. The van der Waals surface area contributed by atoms with Crippen LogP contribution in [0.3, 0.4) is 0 Å². The van der Waals surface area contributed by atoms with Gasteiger partial charge in [-0.2, -0.15) is 0 Å². The van der Waals surface area contributed by atoms with Crippen molar-refractivity contribution in [2.45, 2.75) is 20.4 Å². The molecule has 208 valence electrons. The first-order valence-electron chi connectivity index (χ1n) is 12.8. The van der Waals surface area contributed by atoms with Gasteiger partial charge in [-0.3, -0.25) is 14.5 Å². The largest absolute Gasteiger partial charge is 0.496 e. The molecule has 2 N–H and O–H groups in total. The molecule has 0 saturated carbocycles. The first-order chi connectivity index (χ1) is 19.2. The van der Waals surface area contributed by atoms with Crippen LogP contribution in [-0.2, 0) is 13.6 Å². The minimum Gasteiger partial charge on any atom is -0.496 e. The molecule has 0 spiro atoms. The van der Waals surface area contributed by atoms with Crippen LogP contribution in [0.1, 0.15) is 27.0 Å². The van der Waals surface area contributed by atoms with Gasteiger partial charge in [0, 0.05) is 37.6 Å². The van der Waals surface area contributed by atoms with Crippen LogP contribution in [0.15, 0.2) is 65.8 Å². The smallest absolute Gasteiger partial charge is 0.265 e. The number of aromatic nitrogens is 2. The molecule has 0 saturated heterocycles. The van der Waals surface area contributed by atoms with Gasteiger partial charge in [0.2, 0.25) is 0 Å². The van der Waals surface area contributed by atoms with Gasteiger partial charge in [-0.15, -0.1) is 0 Å². The van der Waals surface area contributed by atoms with Gasteiger partial charge in [-0.1, -0.05) is 30.3 Å². The van der Waals surface area contributed by atoms with E-state index in [-0.39, 0.29) is 18.0 Å². The number of ether oxygens (including phenoxy) is 1. The second-order valence-electron chi connectivity index (χ2n) is 9.73. The van der Waals surface area contributed by atoms with Crippen molar-refractivity contribution in [3.05, 3.63) is 99.5 Å². The van der Waals surface area contributed by atoms with Crippen LogP contribution in [-0.4, -0.2) is 52.8 Å². The quantitative estimate of drug-likeness (QED) is 0.321. The lowest BCUT2D eigenvalue weighted by Crippen LogP contribution is -2.28. The van der Waals surface area contributed by atoms with E-state index in [0.717, 1.165) is 27.8 Å². The summed E-state index contributed by atoms with van der Waals surface area (Å²) in [6.45, 7) is 4.58. The zero-order valence-corrected chi connectivity index (χ0v) is 23.3. The van der Waals surface area contributed by atoms with Crippen molar-refractivity contribution < 1.29 is 19.0 Å². The molecule has 3 aromatic carbocycles. The summed E-state index contributed by atoms with van der Waals surface area (Å²) in [7, 11) is 4.87. The third kappa shape index (κ3) is 5.80. The first-order valence-corrected chi connectivity index (χ1v) is 12.8. The van der Waals surface area contributed by atoms with Crippen LogP contribution in [0.2, 0.25) is 0 Å². The summed E-state index contributed by atoms with van der Waals surface area (Å²) in [5.41, 5.74) is 5.62. The van der Waals surface area contributed by atoms with E-state index in [9.17, 15) is 14.7 Å². The normalized spacial score (nSPS) is 11.1. The third-order valence-electron chi connectivity index (χ3n) is 7.04. The Morgan fingerprint density at radius 2 is 1.77 bits per heavy atom. The van der Waals surface area contributed by atoms with E-state index in [1.165, 1.54) is 30.3 Å². The number of nitrogens with zero attached hydrogens (tertiary/aromatic N) is 3. The fraction of sp³-hybridized carbons (Fsp3) is 0.258. The summed E-state index contributed by atoms with van der Waals surface area (Å²) in [6, 6.07) is 14.7. The number of aliphatic hydroxyl groups is 1. The minimum atomic E-state index is -0.535. The first kappa shape index (κ1) is 28.7. The number of hydrogen-bond donors (Lipinski definition) is 2. The van der Waals surface area contributed by atoms with Crippen molar-refractivity contribution in [3.8, 4) is 28.0 Å². The lowest BCUT2D eigenvalue weighted by molar-refractivity contribution is 0.102. The number of carbonyl (C=O) groups is 1. The van der Waals surface area contributed by atoms with Crippen molar-refractivity contribution in [2.75, 3.05) is 32.6 Å². The molecular formula is C31H33FN4O4. The summed E-state index contributed by atoms with van der Waals surface area (Å²) < 4.78 is 22.1. The molecule has 0 aliphatic carbocycles. The van der Waals surface area contributed by atoms with Crippen LogP contribution in [0.25, 0.3) is 22.3 Å². The van der Waals surface area contributed by atoms with Crippen molar-refractivity contribution in [2.24, 2.45) is 7.05 Å². The van der Waals surface area contributed by atoms with Gasteiger partial charge >= 0.3 is 0 Å². The second-order valence-corrected chi connectivity index (χ2v) is 9.73. The second kappa shape index (κ2) is 12.2. The van der Waals surface area contributed by atoms with Gasteiger partial charge < -0.3 is 19.7 Å². The predicted molar refractivity (Wildman–Crippen MR) is 154 cm³/mol. The van der Waals surface area contributed by atoms with Crippen LogP contribution in [0.4, 0.5) is 10.1 Å². The highest BCUT2D eigenvalue weighted by Crippen LogP contribution is 2.38. The fourth-order valence-corrected chi connectivity index (χ4v) is 4.78. The van der Waals surface area contributed by atoms with Gasteiger partial charge in [0.25, 0.3) is 11.5 Å². The Kier molecular flexibility index (Phi) is 8.77. The molecule has 9 heteroatoms. The standard InChI is InChI=1S/C31H33FN4O4/c1-19-22(21-14-27(32)26(29(15-21)40-5)17-35(3)12-13-37)8-6-9-23(19)24-10-7-11-28(20(24)2)34-30(38)25-16-33-18-36(4)31(25)39/h6-11,14-16,18,37H,12-13,17H2,1-5H3,(H,34,38). The minimum absolute atomic E-state index is 0.0172. The SMILES string of the molecule is COc1cc(-c2cccc(-c3cccc(NC(=O)c4cncn(C)c4=O)c3C)c2C)cc(F)c1CN(C)CCO. The Labute approximate surface area is 232 Å². The summed E-state index contributed by atoms with van der Waals surface area (Å²) in [5, 5.41) is 12.0. The van der Waals surface area contributed by atoms with Crippen molar-refractivity contribution in [1.29, 1.82) is 0 Å².